The molecule has 0 fully saturated rings. The van der Waals surface area contributed by atoms with Gasteiger partial charge in [-0.3, -0.25) is 19.2 Å². The van der Waals surface area contributed by atoms with Gasteiger partial charge in [-0.15, -0.1) is 11.8 Å². The van der Waals surface area contributed by atoms with E-state index < -0.39 is 17.8 Å². The number of thioether (sulfide) groups is 1. The van der Waals surface area contributed by atoms with Gasteiger partial charge in [-0.2, -0.15) is 0 Å². The molecule has 37 heavy (non-hydrogen) atoms. The van der Waals surface area contributed by atoms with Crippen LogP contribution in [0.25, 0.3) is 6.08 Å². The van der Waals surface area contributed by atoms with Crippen LogP contribution < -0.4 is 10.6 Å². The molecule has 0 heterocycles. The Bertz CT molecular complexity index is 1290. The topological polar surface area (TPSA) is 102 Å². The van der Waals surface area contributed by atoms with E-state index in [-0.39, 0.29) is 30.3 Å². The molecule has 0 saturated heterocycles. The van der Waals surface area contributed by atoms with Crippen LogP contribution in [0.15, 0.2) is 93.9 Å². The van der Waals surface area contributed by atoms with E-state index in [2.05, 4.69) is 26.6 Å². The zero-order valence-electron chi connectivity index (χ0n) is 20.0. The van der Waals surface area contributed by atoms with Gasteiger partial charge in [0.05, 0.1) is 12.4 Å². The highest BCUT2D eigenvalue weighted by Crippen LogP contribution is 2.21. The van der Waals surface area contributed by atoms with Crippen molar-refractivity contribution in [1.29, 1.82) is 0 Å². The fourth-order valence-corrected chi connectivity index (χ4v) is 4.30. The van der Waals surface area contributed by atoms with Crippen LogP contribution in [0.4, 0.5) is 5.69 Å². The summed E-state index contributed by atoms with van der Waals surface area (Å²) < 4.78 is 5.62. The lowest BCUT2D eigenvalue weighted by atomic mass is 10.1. The Hall–Kier alpha value is -3.69. The van der Waals surface area contributed by atoms with Crippen LogP contribution in [-0.2, 0) is 19.1 Å². The van der Waals surface area contributed by atoms with Gasteiger partial charge >= 0.3 is 5.97 Å². The molecule has 0 atom stereocenters. The zero-order valence-corrected chi connectivity index (χ0v) is 22.4. The van der Waals surface area contributed by atoms with Crippen molar-refractivity contribution in [2.75, 3.05) is 17.7 Å². The lowest BCUT2D eigenvalue weighted by Gasteiger charge is -2.12. The number of ether oxygens (including phenoxy) is 1. The molecule has 0 spiro atoms. The summed E-state index contributed by atoms with van der Waals surface area (Å²) >= 11 is 4.70. The minimum absolute atomic E-state index is 0.0787. The first-order valence-electron chi connectivity index (χ1n) is 11.4. The SMILES string of the molecule is CCOC(=O)CC(=O)CSc1ccc(NC(=O)/C(=C/c2cccc(Br)c2)NC(=O)c2ccccc2)cc1. The van der Waals surface area contributed by atoms with Crippen LogP contribution >= 0.6 is 27.7 Å². The predicted octanol–water partition coefficient (Wildman–Crippen LogP) is 5.47. The largest absolute Gasteiger partial charge is 0.466 e. The molecule has 3 aromatic rings. The van der Waals surface area contributed by atoms with Crippen molar-refractivity contribution in [2.24, 2.45) is 0 Å². The van der Waals surface area contributed by atoms with Crippen molar-refractivity contribution >= 4 is 63.0 Å². The number of esters is 1. The molecule has 0 saturated carbocycles. The molecule has 0 aliphatic heterocycles. The van der Waals surface area contributed by atoms with Crippen LogP contribution in [0.1, 0.15) is 29.3 Å². The van der Waals surface area contributed by atoms with Crippen molar-refractivity contribution in [1.82, 2.24) is 5.32 Å². The van der Waals surface area contributed by atoms with Crippen LogP contribution in [0.3, 0.4) is 0 Å². The number of amides is 2. The fourth-order valence-electron chi connectivity index (χ4n) is 3.13. The maximum atomic E-state index is 13.1. The third-order valence-electron chi connectivity index (χ3n) is 4.85. The quantitative estimate of drug-likeness (QED) is 0.135. The van der Waals surface area contributed by atoms with Gasteiger partial charge in [0.2, 0.25) is 0 Å². The number of anilines is 1. The highest BCUT2D eigenvalue weighted by atomic mass is 79.9. The molecule has 2 N–H and O–H groups in total. The molecule has 0 unspecified atom stereocenters. The van der Waals surface area contributed by atoms with E-state index in [1.54, 1.807) is 67.6 Å². The average molecular weight is 581 g/mol. The van der Waals surface area contributed by atoms with Crippen LogP contribution in [0.5, 0.6) is 0 Å². The first-order chi connectivity index (χ1) is 17.8. The predicted molar refractivity (Wildman–Crippen MR) is 148 cm³/mol. The van der Waals surface area contributed by atoms with Crippen LogP contribution in [-0.4, -0.2) is 35.9 Å². The highest BCUT2D eigenvalue weighted by molar-refractivity contribution is 9.10. The number of benzene rings is 3. The summed E-state index contributed by atoms with van der Waals surface area (Å²) in [5, 5.41) is 5.50. The summed E-state index contributed by atoms with van der Waals surface area (Å²) in [6.45, 7) is 1.93. The molecule has 0 bridgehead atoms. The van der Waals surface area contributed by atoms with E-state index >= 15 is 0 Å². The number of ketones is 1. The number of carbonyl (C=O) groups is 4. The summed E-state index contributed by atoms with van der Waals surface area (Å²) in [4.78, 5) is 50.0. The van der Waals surface area contributed by atoms with E-state index in [0.717, 1.165) is 14.9 Å². The molecule has 0 radical (unpaired) electrons. The summed E-state index contributed by atoms with van der Waals surface area (Å²) in [5.41, 5.74) is 1.75. The number of Topliss-reactive ketones (excluding diaryl/α,β-unsaturated/α-hetero) is 1. The Balaban J connectivity index is 1.68. The number of carbonyl (C=O) groups excluding carboxylic acids is 4. The number of hydrogen-bond donors (Lipinski definition) is 2. The van der Waals surface area contributed by atoms with Gasteiger partial charge in [0, 0.05) is 20.6 Å². The molecule has 0 aliphatic carbocycles. The molecule has 0 aromatic heterocycles. The monoisotopic (exact) mass is 580 g/mol. The Morgan fingerprint density at radius 1 is 0.946 bits per heavy atom. The van der Waals surface area contributed by atoms with Gasteiger partial charge in [-0.05, 0) is 67.1 Å². The van der Waals surface area contributed by atoms with Gasteiger partial charge in [-0.25, -0.2) is 0 Å². The van der Waals surface area contributed by atoms with Gasteiger partial charge in [0.15, 0.2) is 5.78 Å². The maximum Gasteiger partial charge on any atom is 0.313 e. The summed E-state index contributed by atoms with van der Waals surface area (Å²) in [6.07, 6.45) is 1.34. The van der Waals surface area contributed by atoms with Gasteiger partial charge in [0.25, 0.3) is 11.8 Å². The lowest BCUT2D eigenvalue weighted by molar-refractivity contribution is -0.145. The second kappa shape index (κ2) is 14.2. The van der Waals surface area contributed by atoms with E-state index in [1.165, 1.54) is 11.8 Å². The third-order valence-corrected chi connectivity index (χ3v) is 6.41. The van der Waals surface area contributed by atoms with Crippen molar-refractivity contribution in [3.8, 4) is 0 Å². The van der Waals surface area contributed by atoms with E-state index in [1.807, 2.05) is 24.3 Å². The van der Waals surface area contributed by atoms with Crippen LogP contribution in [0, 0.1) is 0 Å². The molecule has 2 amide bonds. The number of rotatable bonds is 11. The lowest BCUT2D eigenvalue weighted by Crippen LogP contribution is -2.30. The van der Waals surface area contributed by atoms with Crippen molar-refractivity contribution in [3.63, 3.8) is 0 Å². The Morgan fingerprint density at radius 3 is 2.35 bits per heavy atom. The Kier molecular flexibility index (Phi) is 10.7. The fraction of sp³-hybridized carbons (Fsp3) is 0.143. The number of hydrogen-bond acceptors (Lipinski definition) is 6. The number of nitrogens with one attached hydrogen (secondary N) is 2. The first-order valence-corrected chi connectivity index (χ1v) is 13.2. The molecule has 7 nitrogen and oxygen atoms in total. The second-order valence-corrected chi connectivity index (χ2v) is 9.69. The Labute approximate surface area is 227 Å². The molecule has 3 rings (SSSR count). The number of halogens is 1. The second-order valence-electron chi connectivity index (χ2n) is 7.72. The minimum Gasteiger partial charge on any atom is -0.466 e. The average Bonchev–Trinajstić information content (AvgIpc) is 2.88. The summed E-state index contributed by atoms with van der Waals surface area (Å²) in [5.74, 6) is -1.52. The molecule has 0 aliphatic rings. The third kappa shape index (κ3) is 9.36. The highest BCUT2D eigenvalue weighted by Gasteiger charge is 2.16. The smallest absolute Gasteiger partial charge is 0.313 e. The molecular weight excluding hydrogens is 556 g/mol. The van der Waals surface area contributed by atoms with Crippen LogP contribution in [0.2, 0.25) is 0 Å². The van der Waals surface area contributed by atoms with Crippen molar-refractivity contribution in [3.05, 3.63) is 100 Å². The Morgan fingerprint density at radius 2 is 1.68 bits per heavy atom. The van der Waals surface area contributed by atoms with Crippen molar-refractivity contribution in [2.45, 2.75) is 18.2 Å². The molecule has 190 valence electrons. The van der Waals surface area contributed by atoms with Crippen molar-refractivity contribution < 1.29 is 23.9 Å². The normalized spacial score (nSPS) is 10.9. The van der Waals surface area contributed by atoms with Gasteiger partial charge in [-0.1, -0.05) is 46.3 Å². The van der Waals surface area contributed by atoms with Gasteiger partial charge in [0.1, 0.15) is 12.1 Å². The minimum atomic E-state index is -0.530. The molecule has 9 heteroatoms. The van der Waals surface area contributed by atoms with E-state index in [0.29, 0.717) is 11.3 Å². The summed E-state index contributed by atoms with van der Waals surface area (Å²) in [7, 11) is 0. The van der Waals surface area contributed by atoms with E-state index in [9.17, 15) is 19.2 Å². The van der Waals surface area contributed by atoms with E-state index in [4.69, 9.17) is 4.74 Å². The molecule has 3 aromatic carbocycles. The maximum absolute atomic E-state index is 13.1. The standard InChI is InChI=1S/C28H25BrN2O5S/c1-2-36-26(33)17-23(32)18-37-24-13-11-22(12-14-24)30-28(35)25(16-19-7-6-10-21(29)15-19)31-27(34)20-8-4-3-5-9-20/h3-16H,2,17-18H2,1H3,(H,30,35)(H,31,34)/b25-16-. The van der Waals surface area contributed by atoms with Gasteiger partial charge < -0.3 is 15.4 Å². The summed E-state index contributed by atoms with van der Waals surface area (Å²) in [6, 6.07) is 22.9. The zero-order chi connectivity index (χ0) is 26.6. The first kappa shape index (κ1) is 27.9. The molecular formula is C28H25BrN2O5S.